The number of ether oxygens (including phenoxy) is 1. The summed E-state index contributed by atoms with van der Waals surface area (Å²) in [5.41, 5.74) is 0. The monoisotopic (exact) mass is 236 g/mol. The Morgan fingerprint density at radius 2 is 2.24 bits per heavy atom. The largest absolute Gasteiger partial charge is 0.481 e. The number of nitrogens with one attached hydrogen (secondary N) is 1. The number of hydrogen-bond donors (Lipinski definition) is 1. The molecule has 5 nitrogen and oxygen atoms in total. The van der Waals surface area contributed by atoms with Gasteiger partial charge in [0.25, 0.3) is 0 Å². The summed E-state index contributed by atoms with van der Waals surface area (Å²) in [6.45, 7) is 7.17. The van der Waals surface area contributed by atoms with Crippen LogP contribution in [0.1, 0.15) is 19.2 Å². The van der Waals surface area contributed by atoms with Gasteiger partial charge in [-0.2, -0.15) is 4.98 Å². The first kappa shape index (κ1) is 12.1. The van der Waals surface area contributed by atoms with Gasteiger partial charge in [-0.1, -0.05) is 6.92 Å². The van der Waals surface area contributed by atoms with Gasteiger partial charge in [-0.25, -0.2) is 4.98 Å². The molecule has 0 radical (unpaired) electrons. The van der Waals surface area contributed by atoms with Crippen LogP contribution in [0, 0.1) is 6.92 Å². The topological polar surface area (TPSA) is 50.3 Å². The highest BCUT2D eigenvalue weighted by Gasteiger charge is 2.25. The highest BCUT2D eigenvalue weighted by atomic mass is 16.5. The highest BCUT2D eigenvalue weighted by molar-refractivity contribution is 5.43. The third-order valence-electron chi connectivity index (χ3n) is 2.97. The zero-order valence-electron chi connectivity index (χ0n) is 10.7. The van der Waals surface area contributed by atoms with Crippen LogP contribution in [-0.4, -0.2) is 42.8 Å². The van der Waals surface area contributed by atoms with Gasteiger partial charge in [-0.3, -0.25) is 0 Å². The maximum Gasteiger partial charge on any atom is 0.218 e. The van der Waals surface area contributed by atoms with Gasteiger partial charge in [0.1, 0.15) is 11.6 Å². The van der Waals surface area contributed by atoms with Crippen molar-refractivity contribution in [3.05, 3.63) is 11.9 Å². The minimum absolute atomic E-state index is 0.550. The predicted molar refractivity (Wildman–Crippen MR) is 67.6 cm³/mol. The zero-order valence-corrected chi connectivity index (χ0v) is 10.7. The number of aromatic nitrogens is 2. The molecule has 0 saturated carbocycles. The Kier molecular flexibility index (Phi) is 3.78. The number of hydrogen-bond acceptors (Lipinski definition) is 5. The van der Waals surface area contributed by atoms with Crippen LogP contribution in [0.25, 0.3) is 0 Å². The van der Waals surface area contributed by atoms with Gasteiger partial charge in [0.15, 0.2) is 0 Å². The molecule has 2 rings (SSSR count). The van der Waals surface area contributed by atoms with Crippen molar-refractivity contribution in [2.75, 3.05) is 31.6 Å². The van der Waals surface area contributed by atoms with Crippen LogP contribution in [0.3, 0.4) is 0 Å². The van der Waals surface area contributed by atoms with Gasteiger partial charge in [0, 0.05) is 25.7 Å². The molecule has 1 N–H and O–H groups in total. The fraction of sp³-hybridized carbons (Fsp3) is 0.667. The molecule has 1 aromatic rings. The number of methoxy groups -OCH3 is 1. The summed E-state index contributed by atoms with van der Waals surface area (Å²) < 4.78 is 5.20. The second-order valence-corrected chi connectivity index (χ2v) is 4.32. The number of aryl methyl sites for hydroxylation is 1. The van der Waals surface area contributed by atoms with Gasteiger partial charge in [0.05, 0.1) is 13.2 Å². The summed E-state index contributed by atoms with van der Waals surface area (Å²) in [5.74, 6) is 2.37. The highest BCUT2D eigenvalue weighted by Crippen LogP contribution is 2.21. The van der Waals surface area contributed by atoms with Gasteiger partial charge in [0.2, 0.25) is 5.88 Å². The number of rotatable bonds is 5. The Balaban J connectivity index is 2.24. The molecular weight excluding hydrogens is 216 g/mol. The molecule has 1 aliphatic heterocycles. The summed E-state index contributed by atoms with van der Waals surface area (Å²) in [6, 6.07) is 2.47. The lowest BCUT2D eigenvalue weighted by Gasteiger charge is -2.39. The molecule has 1 aromatic heterocycles. The zero-order chi connectivity index (χ0) is 12.3. The van der Waals surface area contributed by atoms with Crippen LogP contribution in [0.4, 0.5) is 5.82 Å². The molecule has 17 heavy (non-hydrogen) atoms. The van der Waals surface area contributed by atoms with Crippen molar-refractivity contribution in [3.8, 4) is 5.88 Å². The molecule has 1 saturated heterocycles. The molecule has 94 valence electrons. The molecule has 0 spiro atoms. The predicted octanol–water partition coefficient (Wildman–Crippen LogP) is 0.982. The van der Waals surface area contributed by atoms with E-state index in [9.17, 15) is 0 Å². The molecular formula is C12H20N4O. The molecule has 0 bridgehead atoms. The van der Waals surface area contributed by atoms with Crippen molar-refractivity contribution in [2.24, 2.45) is 0 Å². The fourth-order valence-corrected chi connectivity index (χ4v) is 2.00. The Hall–Kier alpha value is -1.36. The van der Waals surface area contributed by atoms with Crippen molar-refractivity contribution in [3.63, 3.8) is 0 Å². The Bertz CT molecular complexity index is 379. The van der Waals surface area contributed by atoms with Crippen molar-refractivity contribution in [1.29, 1.82) is 0 Å². The first-order chi connectivity index (χ1) is 8.24. The Labute approximate surface area is 102 Å². The first-order valence-electron chi connectivity index (χ1n) is 6.11. The molecule has 1 aliphatic rings. The summed E-state index contributed by atoms with van der Waals surface area (Å²) >= 11 is 0. The van der Waals surface area contributed by atoms with E-state index in [0.717, 1.165) is 37.7 Å². The maximum absolute atomic E-state index is 5.20. The van der Waals surface area contributed by atoms with Crippen molar-refractivity contribution in [1.82, 2.24) is 15.3 Å². The van der Waals surface area contributed by atoms with E-state index >= 15 is 0 Å². The molecule has 0 amide bonds. The van der Waals surface area contributed by atoms with Crippen LogP contribution in [0.2, 0.25) is 0 Å². The average Bonchev–Trinajstić information content (AvgIpc) is 2.25. The third kappa shape index (κ3) is 2.66. The molecule has 0 atom stereocenters. The van der Waals surface area contributed by atoms with E-state index in [2.05, 4.69) is 27.1 Å². The smallest absolute Gasteiger partial charge is 0.218 e. The molecule has 0 unspecified atom stereocenters. The van der Waals surface area contributed by atoms with Crippen LogP contribution < -0.4 is 15.0 Å². The summed E-state index contributed by atoms with van der Waals surface area (Å²) in [5, 5.41) is 3.30. The van der Waals surface area contributed by atoms with E-state index in [1.807, 2.05) is 13.0 Å². The van der Waals surface area contributed by atoms with E-state index in [1.54, 1.807) is 7.11 Å². The average molecular weight is 236 g/mol. The molecule has 0 aliphatic carbocycles. The quantitative estimate of drug-likeness (QED) is 0.826. The second-order valence-electron chi connectivity index (χ2n) is 4.32. The molecule has 5 heteroatoms. The minimum Gasteiger partial charge on any atom is -0.481 e. The summed E-state index contributed by atoms with van der Waals surface area (Å²) in [6.07, 6.45) is 1.11. The minimum atomic E-state index is 0.550. The van der Waals surface area contributed by atoms with E-state index in [1.165, 1.54) is 0 Å². The normalized spacial score (nSPS) is 15.5. The molecule has 1 fully saturated rings. The lowest BCUT2D eigenvalue weighted by atomic mass is 10.1. The van der Waals surface area contributed by atoms with E-state index < -0.39 is 0 Å². The van der Waals surface area contributed by atoms with Gasteiger partial charge in [-0.15, -0.1) is 0 Å². The van der Waals surface area contributed by atoms with Crippen LogP contribution in [-0.2, 0) is 0 Å². The molecule has 2 heterocycles. The van der Waals surface area contributed by atoms with E-state index in [0.29, 0.717) is 11.9 Å². The standard InChI is InChI=1S/C12H20N4O/c1-4-5-16(10-7-13-8-10)11-6-12(17-3)15-9(2)14-11/h6,10,13H,4-5,7-8H2,1-3H3. The number of anilines is 1. The summed E-state index contributed by atoms with van der Waals surface area (Å²) in [7, 11) is 1.64. The Morgan fingerprint density at radius 3 is 2.76 bits per heavy atom. The van der Waals surface area contributed by atoms with Crippen molar-refractivity contribution < 1.29 is 4.74 Å². The van der Waals surface area contributed by atoms with Gasteiger partial charge < -0.3 is 15.0 Å². The number of nitrogens with zero attached hydrogens (tertiary/aromatic N) is 3. The van der Waals surface area contributed by atoms with Gasteiger partial charge in [-0.05, 0) is 13.3 Å². The van der Waals surface area contributed by atoms with Crippen molar-refractivity contribution in [2.45, 2.75) is 26.3 Å². The van der Waals surface area contributed by atoms with Crippen LogP contribution >= 0.6 is 0 Å². The van der Waals surface area contributed by atoms with E-state index in [4.69, 9.17) is 4.74 Å². The third-order valence-corrected chi connectivity index (χ3v) is 2.97. The van der Waals surface area contributed by atoms with Crippen LogP contribution in [0.5, 0.6) is 5.88 Å². The van der Waals surface area contributed by atoms with Crippen molar-refractivity contribution >= 4 is 5.82 Å². The fourth-order valence-electron chi connectivity index (χ4n) is 2.00. The first-order valence-corrected chi connectivity index (χ1v) is 6.11. The van der Waals surface area contributed by atoms with E-state index in [-0.39, 0.29) is 0 Å². The summed E-state index contributed by atoms with van der Waals surface area (Å²) in [4.78, 5) is 11.1. The second kappa shape index (κ2) is 5.31. The maximum atomic E-state index is 5.20. The molecule has 0 aromatic carbocycles. The SMILES string of the molecule is CCCN(c1cc(OC)nc(C)n1)C1CNC1. The van der Waals surface area contributed by atoms with Crippen LogP contribution in [0.15, 0.2) is 6.07 Å². The van der Waals surface area contributed by atoms with Gasteiger partial charge >= 0.3 is 0 Å². The Morgan fingerprint density at radius 1 is 1.47 bits per heavy atom. The lowest BCUT2D eigenvalue weighted by molar-refractivity contribution is 0.390. The lowest BCUT2D eigenvalue weighted by Crippen LogP contribution is -2.57.